The molecular weight excluding hydrogens is 328 g/mol. The highest BCUT2D eigenvalue weighted by molar-refractivity contribution is 6.06. The minimum Gasteiger partial charge on any atom is -0.305 e. The Morgan fingerprint density at radius 2 is 2.08 bits per heavy atom. The zero-order valence-electron chi connectivity index (χ0n) is 14.4. The van der Waals surface area contributed by atoms with Crippen molar-refractivity contribution in [3.8, 4) is 11.5 Å². The molecule has 0 radical (unpaired) electrons. The number of amides is 1. The van der Waals surface area contributed by atoms with E-state index in [9.17, 15) is 9.59 Å². The summed E-state index contributed by atoms with van der Waals surface area (Å²) in [6, 6.07) is 12.9. The number of hydrogen-bond donors (Lipinski definition) is 1. The highest BCUT2D eigenvalue weighted by atomic mass is 16.2. The fourth-order valence-corrected chi connectivity index (χ4v) is 3.21. The van der Waals surface area contributed by atoms with E-state index < -0.39 is 0 Å². The molecule has 6 heteroatoms. The Kier molecular flexibility index (Phi) is 4.08. The van der Waals surface area contributed by atoms with Crippen molar-refractivity contribution in [2.45, 2.75) is 19.8 Å². The summed E-state index contributed by atoms with van der Waals surface area (Å²) in [5, 5.41) is 0. The zero-order valence-corrected chi connectivity index (χ0v) is 14.4. The maximum atomic E-state index is 13.0. The molecule has 2 aromatic heterocycles. The van der Waals surface area contributed by atoms with Gasteiger partial charge in [0.2, 0.25) is 0 Å². The van der Waals surface area contributed by atoms with E-state index >= 15 is 0 Å². The first-order valence-electron chi connectivity index (χ1n) is 8.56. The Balaban J connectivity index is 1.81. The van der Waals surface area contributed by atoms with Crippen molar-refractivity contribution in [1.29, 1.82) is 0 Å². The van der Waals surface area contributed by atoms with Crippen LogP contribution in [0.4, 0.5) is 5.82 Å². The van der Waals surface area contributed by atoms with Gasteiger partial charge >= 0.3 is 0 Å². The largest absolute Gasteiger partial charge is 0.305 e. The van der Waals surface area contributed by atoms with Crippen molar-refractivity contribution in [1.82, 2.24) is 15.0 Å². The molecule has 0 saturated carbocycles. The van der Waals surface area contributed by atoms with Gasteiger partial charge in [0.15, 0.2) is 5.82 Å². The minimum absolute atomic E-state index is 0.139. The van der Waals surface area contributed by atoms with E-state index in [0.29, 0.717) is 41.4 Å². The normalized spacial score (nSPS) is 13.3. The number of rotatable bonds is 2. The highest BCUT2D eigenvalue weighted by Gasteiger charge is 2.28. The second kappa shape index (κ2) is 6.55. The monoisotopic (exact) mass is 346 g/mol. The van der Waals surface area contributed by atoms with Gasteiger partial charge in [-0.2, -0.15) is 0 Å². The van der Waals surface area contributed by atoms with Crippen LogP contribution >= 0.6 is 0 Å². The number of benzene rings is 1. The standard InChI is InChI=1S/C20H18N4O2/c1-13-6-4-7-14(12-13)20(26)24-11-5-8-15-18(24)22-17(23-19(15)25)16-9-2-3-10-21-16/h2-4,6-7,9-10,12H,5,8,11H2,1H3,(H,22,23,25). The Bertz CT molecular complexity index is 1030. The molecule has 1 aromatic carbocycles. The molecular formula is C20H18N4O2. The summed E-state index contributed by atoms with van der Waals surface area (Å²) in [6.45, 7) is 2.49. The van der Waals surface area contributed by atoms with Gasteiger partial charge in [0.25, 0.3) is 11.5 Å². The van der Waals surface area contributed by atoms with Crippen molar-refractivity contribution in [2.24, 2.45) is 0 Å². The van der Waals surface area contributed by atoms with E-state index in [1.54, 1.807) is 29.3 Å². The number of pyridine rings is 1. The van der Waals surface area contributed by atoms with Gasteiger partial charge in [-0.05, 0) is 44.0 Å². The molecule has 0 fully saturated rings. The molecule has 3 aromatic rings. The number of anilines is 1. The number of nitrogens with one attached hydrogen (secondary N) is 1. The molecule has 26 heavy (non-hydrogen) atoms. The summed E-state index contributed by atoms with van der Waals surface area (Å²) in [5.74, 6) is 0.671. The summed E-state index contributed by atoms with van der Waals surface area (Å²) >= 11 is 0. The first-order chi connectivity index (χ1) is 12.6. The quantitative estimate of drug-likeness (QED) is 0.774. The lowest BCUT2D eigenvalue weighted by molar-refractivity contribution is 0.0984. The van der Waals surface area contributed by atoms with Crippen LogP contribution in [0.25, 0.3) is 11.5 Å². The van der Waals surface area contributed by atoms with Crippen LogP contribution < -0.4 is 10.5 Å². The molecule has 1 aliphatic heterocycles. The molecule has 0 bridgehead atoms. The average molecular weight is 346 g/mol. The van der Waals surface area contributed by atoms with E-state index in [-0.39, 0.29) is 11.5 Å². The zero-order chi connectivity index (χ0) is 18.1. The van der Waals surface area contributed by atoms with E-state index in [4.69, 9.17) is 0 Å². The van der Waals surface area contributed by atoms with E-state index in [1.165, 1.54) is 0 Å². The Morgan fingerprint density at radius 1 is 1.19 bits per heavy atom. The summed E-state index contributed by atoms with van der Waals surface area (Å²) in [6.07, 6.45) is 2.99. The number of fused-ring (bicyclic) bond motifs is 1. The first kappa shape index (κ1) is 16.2. The number of aromatic nitrogens is 3. The Morgan fingerprint density at radius 3 is 2.85 bits per heavy atom. The lowest BCUT2D eigenvalue weighted by Gasteiger charge is -2.28. The third-order valence-corrected chi connectivity index (χ3v) is 4.48. The molecule has 0 aliphatic carbocycles. The topological polar surface area (TPSA) is 79.0 Å². The van der Waals surface area contributed by atoms with Gasteiger partial charge in [-0.15, -0.1) is 0 Å². The van der Waals surface area contributed by atoms with Gasteiger partial charge < -0.3 is 4.98 Å². The predicted molar refractivity (Wildman–Crippen MR) is 99.3 cm³/mol. The number of nitrogens with zero attached hydrogens (tertiary/aromatic N) is 3. The fourth-order valence-electron chi connectivity index (χ4n) is 3.21. The predicted octanol–water partition coefficient (Wildman–Crippen LogP) is 2.73. The number of aryl methyl sites for hydroxylation is 1. The van der Waals surface area contributed by atoms with E-state index in [0.717, 1.165) is 12.0 Å². The van der Waals surface area contributed by atoms with Gasteiger partial charge in [0.05, 0.1) is 5.56 Å². The molecule has 6 nitrogen and oxygen atoms in total. The minimum atomic E-state index is -0.211. The highest BCUT2D eigenvalue weighted by Crippen LogP contribution is 2.26. The van der Waals surface area contributed by atoms with Gasteiger partial charge in [0.1, 0.15) is 11.5 Å². The molecule has 1 N–H and O–H groups in total. The number of carbonyl (C=O) groups is 1. The van der Waals surface area contributed by atoms with Gasteiger partial charge in [-0.3, -0.25) is 19.5 Å². The molecule has 3 heterocycles. The first-order valence-corrected chi connectivity index (χ1v) is 8.56. The Labute approximate surface area is 150 Å². The fraction of sp³-hybridized carbons (Fsp3) is 0.200. The van der Waals surface area contributed by atoms with Crippen molar-refractivity contribution >= 4 is 11.7 Å². The van der Waals surface area contributed by atoms with Crippen LogP contribution in [-0.4, -0.2) is 27.4 Å². The summed E-state index contributed by atoms with van der Waals surface area (Å²) in [7, 11) is 0. The van der Waals surface area contributed by atoms with Crippen LogP contribution in [0, 0.1) is 6.92 Å². The SMILES string of the molecule is Cc1cccc(C(=O)N2CCCc3c2nc(-c2ccccn2)[nH]c3=O)c1. The lowest BCUT2D eigenvalue weighted by atomic mass is 10.0. The second-order valence-electron chi connectivity index (χ2n) is 6.36. The molecule has 1 amide bonds. The number of carbonyl (C=O) groups excluding carboxylic acids is 1. The lowest BCUT2D eigenvalue weighted by Crippen LogP contribution is -2.39. The van der Waals surface area contributed by atoms with Crippen molar-refractivity contribution < 1.29 is 4.79 Å². The van der Waals surface area contributed by atoms with E-state index in [1.807, 2.05) is 31.2 Å². The van der Waals surface area contributed by atoms with E-state index in [2.05, 4.69) is 15.0 Å². The maximum absolute atomic E-state index is 13.0. The van der Waals surface area contributed by atoms with Crippen molar-refractivity contribution in [2.75, 3.05) is 11.4 Å². The van der Waals surface area contributed by atoms with Crippen LogP contribution in [0.5, 0.6) is 0 Å². The molecule has 130 valence electrons. The molecule has 0 spiro atoms. The van der Waals surface area contributed by atoms with Gasteiger partial charge in [-0.1, -0.05) is 23.8 Å². The van der Waals surface area contributed by atoms with Crippen LogP contribution in [-0.2, 0) is 6.42 Å². The third kappa shape index (κ3) is 2.90. The smallest absolute Gasteiger partial charge is 0.259 e. The average Bonchev–Trinajstić information content (AvgIpc) is 2.67. The maximum Gasteiger partial charge on any atom is 0.259 e. The number of hydrogen-bond acceptors (Lipinski definition) is 4. The summed E-state index contributed by atoms with van der Waals surface area (Å²) in [4.78, 5) is 38.8. The summed E-state index contributed by atoms with van der Waals surface area (Å²) < 4.78 is 0. The Hall–Kier alpha value is -3.28. The summed E-state index contributed by atoms with van der Waals surface area (Å²) in [5.41, 5.74) is 2.52. The molecule has 1 aliphatic rings. The number of H-pyrrole nitrogens is 1. The molecule has 0 atom stereocenters. The molecule has 0 unspecified atom stereocenters. The van der Waals surface area contributed by atoms with Gasteiger partial charge in [0, 0.05) is 18.3 Å². The number of aromatic amines is 1. The van der Waals surface area contributed by atoms with Crippen LogP contribution in [0.3, 0.4) is 0 Å². The molecule has 0 saturated heterocycles. The van der Waals surface area contributed by atoms with Crippen LogP contribution in [0.2, 0.25) is 0 Å². The van der Waals surface area contributed by atoms with Gasteiger partial charge in [-0.25, -0.2) is 4.98 Å². The second-order valence-corrected chi connectivity index (χ2v) is 6.36. The van der Waals surface area contributed by atoms with Crippen LogP contribution in [0.15, 0.2) is 53.5 Å². The van der Waals surface area contributed by atoms with Crippen molar-refractivity contribution in [3.63, 3.8) is 0 Å². The van der Waals surface area contributed by atoms with Crippen LogP contribution in [0.1, 0.15) is 27.9 Å². The third-order valence-electron chi connectivity index (χ3n) is 4.48. The van der Waals surface area contributed by atoms with Crippen molar-refractivity contribution in [3.05, 3.63) is 75.7 Å². The molecule has 4 rings (SSSR count).